The highest BCUT2D eigenvalue weighted by Gasteiger charge is 2.22. The Morgan fingerprint density at radius 1 is 1.06 bits per heavy atom. The van der Waals surface area contributed by atoms with Crippen molar-refractivity contribution in [3.8, 4) is 10.6 Å². The first-order valence-corrected chi connectivity index (χ1v) is 12.4. The van der Waals surface area contributed by atoms with Gasteiger partial charge in [-0.1, -0.05) is 30.3 Å². The zero-order valence-corrected chi connectivity index (χ0v) is 19.5. The number of thiazole rings is 1. The highest BCUT2D eigenvalue weighted by atomic mass is 32.1. The molecular formula is C25H29N5O2S. The number of amides is 1. The summed E-state index contributed by atoms with van der Waals surface area (Å²) in [7, 11) is 0. The monoisotopic (exact) mass is 463 g/mol. The van der Waals surface area contributed by atoms with Crippen molar-refractivity contribution < 1.29 is 9.53 Å². The van der Waals surface area contributed by atoms with Gasteiger partial charge in [-0.25, -0.2) is 9.97 Å². The van der Waals surface area contributed by atoms with Gasteiger partial charge in [-0.15, -0.1) is 11.3 Å². The zero-order valence-electron chi connectivity index (χ0n) is 18.7. The summed E-state index contributed by atoms with van der Waals surface area (Å²) < 4.78 is 5.41. The Balaban J connectivity index is 1.13. The van der Waals surface area contributed by atoms with Gasteiger partial charge in [0.05, 0.1) is 13.2 Å². The van der Waals surface area contributed by atoms with Gasteiger partial charge < -0.3 is 15.0 Å². The van der Waals surface area contributed by atoms with Crippen LogP contribution in [0.25, 0.3) is 10.6 Å². The standard InChI is InChI=1S/C25H29N5O2S/c31-24(27-21-8-10-29(11-9-21)17-19-4-2-1-3-5-19)22-18-33-25(28-22)20-6-7-23(26-16-20)30-12-14-32-15-13-30/h1-7,16,18,21H,8-15,17H2,(H,27,31). The van der Waals surface area contributed by atoms with Crippen LogP contribution in [0.1, 0.15) is 28.9 Å². The number of carbonyl (C=O) groups is 1. The molecule has 2 aliphatic heterocycles. The van der Waals surface area contributed by atoms with Crippen molar-refractivity contribution in [2.24, 2.45) is 0 Å². The van der Waals surface area contributed by atoms with Gasteiger partial charge in [-0.05, 0) is 30.5 Å². The number of benzene rings is 1. The second-order valence-corrected chi connectivity index (χ2v) is 9.41. The molecule has 3 aromatic rings. The summed E-state index contributed by atoms with van der Waals surface area (Å²) in [4.78, 5) is 26.6. The van der Waals surface area contributed by atoms with E-state index in [0.29, 0.717) is 5.69 Å². The van der Waals surface area contributed by atoms with Crippen LogP contribution < -0.4 is 10.2 Å². The molecule has 0 spiro atoms. The fraction of sp³-hybridized carbons (Fsp3) is 0.400. The maximum Gasteiger partial charge on any atom is 0.270 e. The Hall–Kier alpha value is -2.81. The predicted molar refractivity (Wildman–Crippen MR) is 131 cm³/mol. The number of likely N-dealkylation sites (tertiary alicyclic amines) is 1. The molecule has 0 aliphatic carbocycles. The number of aromatic nitrogens is 2. The number of hydrogen-bond acceptors (Lipinski definition) is 7. The van der Waals surface area contributed by atoms with E-state index in [1.165, 1.54) is 16.9 Å². The second kappa shape index (κ2) is 10.4. The van der Waals surface area contributed by atoms with Gasteiger partial charge in [0, 0.05) is 55.9 Å². The molecule has 0 radical (unpaired) electrons. The van der Waals surface area contributed by atoms with Crippen LogP contribution in [0, 0.1) is 0 Å². The van der Waals surface area contributed by atoms with Crippen LogP contribution in [0.2, 0.25) is 0 Å². The Morgan fingerprint density at radius 3 is 2.58 bits per heavy atom. The molecule has 2 saturated heterocycles. The van der Waals surface area contributed by atoms with E-state index in [1.54, 1.807) is 0 Å². The van der Waals surface area contributed by atoms with Crippen molar-refractivity contribution in [1.82, 2.24) is 20.2 Å². The Bertz CT molecular complexity index is 1040. The first-order chi connectivity index (χ1) is 16.2. The van der Waals surface area contributed by atoms with Gasteiger partial charge in [0.2, 0.25) is 0 Å². The number of pyridine rings is 1. The quantitative estimate of drug-likeness (QED) is 0.604. The third-order valence-electron chi connectivity index (χ3n) is 6.24. The summed E-state index contributed by atoms with van der Waals surface area (Å²) in [5, 5.41) is 5.84. The van der Waals surface area contributed by atoms with Crippen LogP contribution in [-0.2, 0) is 11.3 Å². The van der Waals surface area contributed by atoms with Crippen LogP contribution >= 0.6 is 11.3 Å². The lowest BCUT2D eigenvalue weighted by Crippen LogP contribution is -2.44. The van der Waals surface area contributed by atoms with Crippen LogP contribution in [0.15, 0.2) is 54.0 Å². The van der Waals surface area contributed by atoms with E-state index in [4.69, 9.17) is 4.74 Å². The third-order valence-corrected chi connectivity index (χ3v) is 7.13. The molecule has 0 unspecified atom stereocenters. The van der Waals surface area contributed by atoms with Crippen LogP contribution in [-0.4, -0.2) is 66.2 Å². The lowest BCUT2D eigenvalue weighted by Gasteiger charge is -2.32. The first-order valence-electron chi connectivity index (χ1n) is 11.6. The van der Waals surface area contributed by atoms with E-state index in [0.717, 1.165) is 75.2 Å². The van der Waals surface area contributed by atoms with Crippen LogP contribution in [0.5, 0.6) is 0 Å². The molecule has 172 valence electrons. The van der Waals surface area contributed by atoms with Crippen molar-refractivity contribution in [2.45, 2.75) is 25.4 Å². The van der Waals surface area contributed by atoms with E-state index >= 15 is 0 Å². The topological polar surface area (TPSA) is 70.6 Å². The fourth-order valence-electron chi connectivity index (χ4n) is 4.34. The number of hydrogen-bond donors (Lipinski definition) is 1. The summed E-state index contributed by atoms with van der Waals surface area (Å²) >= 11 is 1.48. The number of carbonyl (C=O) groups excluding carboxylic acids is 1. The lowest BCUT2D eigenvalue weighted by molar-refractivity contribution is 0.0904. The highest BCUT2D eigenvalue weighted by Crippen LogP contribution is 2.25. The Morgan fingerprint density at radius 2 is 1.85 bits per heavy atom. The minimum atomic E-state index is -0.0862. The summed E-state index contributed by atoms with van der Waals surface area (Å²) in [6.45, 7) is 6.14. The molecule has 4 heterocycles. The van der Waals surface area contributed by atoms with Gasteiger partial charge in [-0.3, -0.25) is 9.69 Å². The normalized spacial score (nSPS) is 17.8. The number of ether oxygens (including phenoxy) is 1. The summed E-state index contributed by atoms with van der Waals surface area (Å²) in [6, 6.07) is 14.8. The van der Waals surface area contributed by atoms with Crippen molar-refractivity contribution in [3.05, 3.63) is 65.3 Å². The molecule has 8 heteroatoms. The van der Waals surface area contributed by atoms with Gasteiger partial charge in [-0.2, -0.15) is 0 Å². The number of nitrogens with zero attached hydrogens (tertiary/aromatic N) is 4. The van der Waals surface area contributed by atoms with Gasteiger partial charge in [0.15, 0.2) is 0 Å². The van der Waals surface area contributed by atoms with Gasteiger partial charge in [0.1, 0.15) is 16.5 Å². The number of anilines is 1. The smallest absolute Gasteiger partial charge is 0.270 e. The molecule has 0 atom stereocenters. The molecule has 7 nitrogen and oxygen atoms in total. The van der Waals surface area contributed by atoms with E-state index in [2.05, 4.69) is 49.4 Å². The number of morpholine rings is 1. The first kappa shape index (κ1) is 22.0. The molecule has 33 heavy (non-hydrogen) atoms. The highest BCUT2D eigenvalue weighted by molar-refractivity contribution is 7.13. The molecule has 0 bridgehead atoms. The minimum Gasteiger partial charge on any atom is -0.378 e. The third kappa shape index (κ3) is 5.58. The average molecular weight is 464 g/mol. The van der Waals surface area contributed by atoms with E-state index in [1.807, 2.05) is 29.8 Å². The molecular weight excluding hydrogens is 434 g/mol. The maximum atomic E-state index is 12.8. The summed E-state index contributed by atoms with van der Waals surface area (Å²) in [5.74, 6) is 0.868. The largest absolute Gasteiger partial charge is 0.378 e. The number of piperidine rings is 1. The molecule has 1 aromatic carbocycles. The molecule has 1 N–H and O–H groups in total. The maximum absolute atomic E-state index is 12.8. The SMILES string of the molecule is O=C(NC1CCN(Cc2ccccc2)CC1)c1csc(-c2ccc(N3CCOCC3)nc2)n1. The summed E-state index contributed by atoms with van der Waals surface area (Å²) in [5.41, 5.74) is 2.76. The van der Waals surface area contributed by atoms with E-state index < -0.39 is 0 Å². The minimum absolute atomic E-state index is 0.0862. The second-order valence-electron chi connectivity index (χ2n) is 8.55. The van der Waals surface area contributed by atoms with Crippen molar-refractivity contribution in [2.75, 3.05) is 44.3 Å². The van der Waals surface area contributed by atoms with E-state index in [9.17, 15) is 4.79 Å². The number of nitrogens with one attached hydrogen (secondary N) is 1. The van der Waals surface area contributed by atoms with Crippen molar-refractivity contribution in [1.29, 1.82) is 0 Å². The zero-order chi connectivity index (χ0) is 22.5. The summed E-state index contributed by atoms with van der Waals surface area (Å²) in [6.07, 6.45) is 3.76. The Kier molecular flexibility index (Phi) is 6.95. The molecule has 2 aliphatic rings. The van der Waals surface area contributed by atoms with Gasteiger partial charge >= 0.3 is 0 Å². The molecule has 0 saturated carbocycles. The average Bonchev–Trinajstić information content (AvgIpc) is 3.37. The molecule has 2 fully saturated rings. The molecule has 2 aromatic heterocycles. The van der Waals surface area contributed by atoms with Gasteiger partial charge in [0.25, 0.3) is 5.91 Å². The van der Waals surface area contributed by atoms with Crippen molar-refractivity contribution >= 4 is 23.1 Å². The predicted octanol–water partition coefficient (Wildman–Crippen LogP) is 3.44. The Labute approximate surface area is 198 Å². The molecule has 5 rings (SSSR count). The lowest BCUT2D eigenvalue weighted by atomic mass is 10.0. The molecule has 1 amide bonds. The van der Waals surface area contributed by atoms with Crippen LogP contribution in [0.3, 0.4) is 0 Å². The van der Waals surface area contributed by atoms with E-state index in [-0.39, 0.29) is 11.9 Å². The van der Waals surface area contributed by atoms with Crippen LogP contribution in [0.4, 0.5) is 5.82 Å². The number of rotatable bonds is 6. The van der Waals surface area contributed by atoms with Crippen molar-refractivity contribution in [3.63, 3.8) is 0 Å². The fourth-order valence-corrected chi connectivity index (χ4v) is 5.13.